The Morgan fingerprint density at radius 1 is 1.08 bits per heavy atom. The predicted octanol–water partition coefficient (Wildman–Crippen LogP) is 3.83. The zero-order valence-electron chi connectivity index (χ0n) is 16.0. The highest BCUT2D eigenvalue weighted by molar-refractivity contribution is 7.10. The van der Waals surface area contributed by atoms with Gasteiger partial charge >= 0.3 is 0 Å². The summed E-state index contributed by atoms with van der Waals surface area (Å²) in [5, 5.41) is 7.28. The highest BCUT2D eigenvalue weighted by atomic mass is 32.1. The first-order chi connectivity index (χ1) is 11.9. The second-order valence-electron chi connectivity index (χ2n) is 7.11. The molecule has 1 heterocycles. The van der Waals surface area contributed by atoms with E-state index < -0.39 is 0 Å². The van der Waals surface area contributed by atoms with Gasteiger partial charge < -0.3 is 10.6 Å². The summed E-state index contributed by atoms with van der Waals surface area (Å²) in [5.41, 5.74) is 2.63. The second-order valence-corrected chi connectivity index (χ2v) is 8.09. The monoisotopic (exact) mass is 359 g/mol. The van der Waals surface area contributed by atoms with Gasteiger partial charge in [-0.2, -0.15) is 0 Å². The largest absolute Gasteiger partial charge is 0.349 e. The van der Waals surface area contributed by atoms with Crippen LogP contribution in [0, 0.1) is 0 Å². The number of carbonyl (C=O) groups is 1. The average Bonchev–Trinajstić information content (AvgIpc) is 3.12. The number of rotatable bonds is 8. The fourth-order valence-electron chi connectivity index (χ4n) is 2.90. The third-order valence-electron chi connectivity index (χ3n) is 4.65. The van der Waals surface area contributed by atoms with Crippen molar-refractivity contribution < 1.29 is 10.1 Å². The molecule has 0 aliphatic carbocycles. The summed E-state index contributed by atoms with van der Waals surface area (Å²) in [5.74, 6) is 0.668. The minimum atomic E-state index is -0.135. The van der Waals surface area contributed by atoms with Crippen molar-refractivity contribution in [2.45, 2.75) is 65.1 Å². The van der Waals surface area contributed by atoms with Crippen LogP contribution in [-0.4, -0.2) is 18.0 Å². The third kappa shape index (κ3) is 5.41. The molecule has 0 fully saturated rings. The fraction of sp³-hybridized carbons (Fsp3) is 0.476. The van der Waals surface area contributed by atoms with E-state index in [1.54, 1.807) is 11.3 Å². The smallest absolute Gasteiger partial charge is 0.278 e. The number of nitrogens with one attached hydrogen (secondary N) is 1. The number of amides is 1. The number of hydrogen-bond acceptors (Lipinski definition) is 2. The van der Waals surface area contributed by atoms with E-state index in [0.29, 0.717) is 5.92 Å². The van der Waals surface area contributed by atoms with Gasteiger partial charge in [0.15, 0.2) is 6.04 Å². The van der Waals surface area contributed by atoms with E-state index in [0.717, 1.165) is 6.42 Å². The van der Waals surface area contributed by atoms with E-state index in [1.807, 2.05) is 20.8 Å². The Labute approximate surface area is 155 Å². The zero-order chi connectivity index (χ0) is 18.4. The van der Waals surface area contributed by atoms with Crippen LogP contribution >= 0.6 is 11.3 Å². The highest BCUT2D eigenvalue weighted by Gasteiger charge is 2.25. The van der Waals surface area contributed by atoms with Crippen LogP contribution in [0.5, 0.6) is 0 Å². The molecule has 3 atom stereocenters. The van der Waals surface area contributed by atoms with Crippen molar-refractivity contribution in [2.75, 3.05) is 0 Å². The van der Waals surface area contributed by atoms with Gasteiger partial charge in [-0.15, -0.1) is 11.3 Å². The van der Waals surface area contributed by atoms with E-state index in [9.17, 15) is 4.79 Å². The first kappa shape index (κ1) is 19.7. The van der Waals surface area contributed by atoms with Crippen LogP contribution < -0.4 is 10.6 Å². The summed E-state index contributed by atoms with van der Waals surface area (Å²) >= 11 is 1.75. The molecular formula is C21H31N2OS+. The minimum absolute atomic E-state index is 0.0905. The topological polar surface area (TPSA) is 45.7 Å². The summed E-state index contributed by atoms with van der Waals surface area (Å²) < 4.78 is 0. The molecule has 2 aromatic rings. The maximum Gasteiger partial charge on any atom is 0.278 e. The van der Waals surface area contributed by atoms with Crippen molar-refractivity contribution in [1.82, 2.24) is 5.32 Å². The number of nitrogens with two attached hydrogens (primary N) is 1. The molecule has 3 nitrogen and oxygen atoms in total. The molecule has 0 bridgehead atoms. The molecular weight excluding hydrogens is 328 g/mol. The Morgan fingerprint density at radius 3 is 2.24 bits per heavy atom. The first-order valence-electron chi connectivity index (χ1n) is 9.21. The number of benzene rings is 1. The lowest BCUT2D eigenvalue weighted by Gasteiger charge is -2.21. The van der Waals surface area contributed by atoms with Gasteiger partial charge in [-0.25, -0.2) is 0 Å². The quantitative estimate of drug-likeness (QED) is 0.739. The van der Waals surface area contributed by atoms with Gasteiger partial charge in [0.25, 0.3) is 5.91 Å². The van der Waals surface area contributed by atoms with E-state index in [4.69, 9.17) is 0 Å². The number of thiophene rings is 1. The number of quaternary nitrogens is 1. The molecule has 136 valence electrons. The lowest BCUT2D eigenvalue weighted by molar-refractivity contribution is -0.704. The molecule has 0 aliphatic heterocycles. The lowest BCUT2D eigenvalue weighted by atomic mass is 9.95. The second kappa shape index (κ2) is 9.16. The molecule has 0 saturated carbocycles. The van der Waals surface area contributed by atoms with Crippen molar-refractivity contribution in [3.05, 3.63) is 57.8 Å². The average molecular weight is 360 g/mol. The van der Waals surface area contributed by atoms with Crippen LogP contribution in [0.1, 0.15) is 69.0 Å². The molecule has 3 N–H and O–H groups in total. The predicted molar refractivity (Wildman–Crippen MR) is 106 cm³/mol. The number of hydrogen-bond donors (Lipinski definition) is 2. The summed E-state index contributed by atoms with van der Waals surface area (Å²) in [6.45, 7) is 10.4. The summed E-state index contributed by atoms with van der Waals surface area (Å²) in [6.07, 6.45) is 1.15. The van der Waals surface area contributed by atoms with Crippen LogP contribution in [0.15, 0.2) is 41.8 Å². The molecule has 0 radical (unpaired) electrons. The number of carbonyl (C=O) groups excluding carboxylic acids is 1. The van der Waals surface area contributed by atoms with E-state index in [2.05, 4.69) is 66.3 Å². The van der Waals surface area contributed by atoms with Gasteiger partial charge in [0.05, 0.1) is 4.88 Å². The van der Waals surface area contributed by atoms with Gasteiger partial charge in [-0.3, -0.25) is 4.79 Å². The van der Waals surface area contributed by atoms with Crippen LogP contribution in [-0.2, 0) is 4.79 Å². The molecule has 1 aromatic heterocycles. The molecule has 0 saturated heterocycles. The van der Waals surface area contributed by atoms with Crippen LogP contribution in [0.2, 0.25) is 0 Å². The molecule has 0 aliphatic rings. The van der Waals surface area contributed by atoms with Gasteiger partial charge in [0.2, 0.25) is 0 Å². The van der Waals surface area contributed by atoms with Crippen molar-refractivity contribution >= 4 is 17.2 Å². The molecule has 4 heteroatoms. The molecule has 1 aromatic carbocycles. The summed E-state index contributed by atoms with van der Waals surface area (Å²) in [6, 6.07) is 13.3. The molecule has 25 heavy (non-hydrogen) atoms. The molecule has 1 amide bonds. The van der Waals surface area contributed by atoms with Gasteiger partial charge in [0.1, 0.15) is 6.04 Å². The highest BCUT2D eigenvalue weighted by Crippen LogP contribution is 2.25. The summed E-state index contributed by atoms with van der Waals surface area (Å²) in [4.78, 5) is 13.6. The van der Waals surface area contributed by atoms with E-state index >= 15 is 0 Å². The Morgan fingerprint density at radius 2 is 1.72 bits per heavy atom. The van der Waals surface area contributed by atoms with Crippen LogP contribution in [0.4, 0.5) is 0 Å². The van der Waals surface area contributed by atoms with E-state index in [-0.39, 0.29) is 24.0 Å². The van der Waals surface area contributed by atoms with Crippen LogP contribution in [0.3, 0.4) is 0 Å². The fourth-order valence-corrected chi connectivity index (χ4v) is 3.73. The van der Waals surface area contributed by atoms with Crippen molar-refractivity contribution in [3.8, 4) is 0 Å². The molecule has 0 spiro atoms. The Hall–Kier alpha value is -1.65. The van der Waals surface area contributed by atoms with E-state index in [1.165, 1.54) is 16.0 Å². The van der Waals surface area contributed by atoms with Gasteiger partial charge in [0, 0.05) is 11.6 Å². The molecule has 0 unspecified atom stereocenters. The maximum absolute atomic E-state index is 12.3. The molecule has 2 rings (SSSR count). The normalized spacial score (nSPS) is 15.0. The SMILES string of the molecule is CC[C@H](C)c1ccc([C@H]([NH2+][C@@H](C)C(=O)NC(C)C)c2cccs2)cc1. The standard InChI is InChI=1S/C21H30N2OS/c1-6-15(4)17-9-11-18(12-10-17)20(19-8-7-13-25-19)23-16(5)21(24)22-14(2)3/h7-16,20,23H,6H2,1-5H3,(H,22,24)/p+1/t15-,16-,20-/m0/s1. The Bertz CT molecular complexity index is 649. The van der Waals surface area contributed by atoms with Gasteiger partial charge in [-0.1, -0.05) is 44.2 Å². The Kier molecular flexibility index (Phi) is 7.21. The maximum atomic E-state index is 12.3. The summed E-state index contributed by atoms with van der Waals surface area (Å²) in [7, 11) is 0. The van der Waals surface area contributed by atoms with Crippen molar-refractivity contribution in [3.63, 3.8) is 0 Å². The Balaban J connectivity index is 2.21. The van der Waals surface area contributed by atoms with Gasteiger partial charge in [-0.05, 0) is 50.1 Å². The lowest BCUT2D eigenvalue weighted by Crippen LogP contribution is -2.92. The minimum Gasteiger partial charge on any atom is -0.349 e. The first-order valence-corrected chi connectivity index (χ1v) is 10.1. The van der Waals surface area contributed by atoms with Crippen molar-refractivity contribution in [1.29, 1.82) is 0 Å². The zero-order valence-corrected chi connectivity index (χ0v) is 16.8. The third-order valence-corrected chi connectivity index (χ3v) is 5.61. The van der Waals surface area contributed by atoms with Crippen molar-refractivity contribution in [2.24, 2.45) is 0 Å². The van der Waals surface area contributed by atoms with Crippen LogP contribution in [0.25, 0.3) is 0 Å².